The number of non-ortho nitro benzene ring substituents is 1. The number of hydrogen-bond acceptors (Lipinski definition) is 6. The number of benzene rings is 2. The zero-order valence-corrected chi connectivity index (χ0v) is 15.1. The summed E-state index contributed by atoms with van der Waals surface area (Å²) in [5.74, 6) is -0.543. The Hall–Kier alpha value is -3.86. The van der Waals surface area contributed by atoms with Gasteiger partial charge >= 0.3 is 0 Å². The van der Waals surface area contributed by atoms with Gasteiger partial charge < -0.3 is 15.4 Å². The van der Waals surface area contributed by atoms with E-state index in [4.69, 9.17) is 4.74 Å². The molecule has 0 heterocycles. The number of carbonyl (C=O) groups is 1. The molecule has 138 valence electrons. The van der Waals surface area contributed by atoms with Crippen molar-refractivity contribution in [2.75, 3.05) is 17.7 Å². The van der Waals surface area contributed by atoms with Crippen molar-refractivity contribution in [3.8, 4) is 11.8 Å². The van der Waals surface area contributed by atoms with Crippen molar-refractivity contribution in [2.24, 2.45) is 0 Å². The van der Waals surface area contributed by atoms with Crippen LogP contribution in [0.5, 0.6) is 5.75 Å². The molecule has 8 nitrogen and oxygen atoms in total. The largest absolute Gasteiger partial charge is 0.494 e. The van der Waals surface area contributed by atoms with Crippen molar-refractivity contribution in [1.82, 2.24) is 0 Å². The average molecular weight is 366 g/mol. The number of ether oxygens (including phenoxy) is 1. The van der Waals surface area contributed by atoms with E-state index < -0.39 is 10.8 Å². The Kier molecular flexibility index (Phi) is 6.12. The topological polar surface area (TPSA) is 117 Å². The second-order valence-corrected chi connectivity index (χ2v) is 5.73. The molecular weight excluding hydrogens is 348 g/mol. The highest BCUT2D eigenvalue weighted by Crippen LogP contribution is 2.29. The van der Waals surface area contributed by atoms with Gasteiger partial charge in [-0.15, -0.1) is 0 Å². The molecule has 0 aliphatic carbocycles. The number of nitrogens with one attached hydrogen (secondary N) is 2. The fourth-order valence-corrected chi connectivity index (χ4v) is 2.36. The Morgan fingerprint density at radius 3 is 2.52 bits per heavy atom. The van der Waals surface area contributed by atoms with E-state index >= 15 is 0 Å². The third kappa shape index (κ3) is 4.83. The van der Waals surface area contributed by atoms with Crippen molar-refractivity contribution >= 4 is 23.0 Å². The van der Waals surface area contributed by atoms with Crippen molar-refractivity contribution in [3.63, 3.8) is 0 Å². The molecule has 1 amide bonds. The van der Waals surface area contributed by atoms with Gasteiger partial charge in [-0.3, -0.25) is 14.9 Å². The Morgan fingerprint density at radius 2 is 1.93 bits per heavy atom. The number of methoxy groups -OCH3 is 1. The van der Waals surface area contributed by atoms with Crippen LogP contribution in [0.25, 0.3) is 0 Å². The molecule has 0 spiro atoms. The third-order valence-electron chi connectivity index (χ3n) is 3.76. The van der Waals surface area contributed by atoms with Gasteiger partial charge in [0.1, 0.15) is 17.4 Å². The van der Waals surface area contributed by atoms with E-state index in [1.165, 1.54) is 31.5 Å². The normalized spacial score (nSPS) is 10.7. The molecule has 0 unspecified atom stereocenters. The van der Waals surface area contributed by atoms with Gasteiger partial charge in [0.05, 0.1) is 23.8 Å². The van der Waals surface area contributed by atoms with Gasteiger partial charge in [0.25, 0.3) is 11.6 Å². The van der Waals surface area contributed by atoms with Crippen LogP contribution in [-0.2, 0) is 4.79 Å². The van der Waals surface area contributed by atoms with Gasteiger partial charge in [-0.2, -0.15) is 5.26 Å². The van der Waals surface area contributed by atoms with Crippen molar-refractivity contribution < 1.29 is 14.5 Å². The number of rotatable bonds is 6. The van der Waals surface area contributed by atoms with Crippen LogP contribution < -0.4 is 15.4 Å². The van der Waals surface area contributed by atoms with E-state index in [1.54, 1.807) is 0 Å². The molecule has 27 heavy (non-hydrogen) atoms. The molecule has 8 heteroatoms. The van der Waals surface area contributed by atoms with Crippen LogP contribution in [0.1, 0.15) is 11.1 Å². The first-order chi connectivity index (χ1) is 12.8. The van der Waals surface area contributed by atoms with E-state index in [2.05, 4.69) is 10.6 Å². The maximum Gasteiger partial charge on any atom is 0.273 e. The molecule has 0 aliphatic heterocycles. The van der Waals surface area contributed by atoms with Crippen molar-refractivity contribution in [2.45, 2.75) is 13.8 Å². The molecule has 0 aromatic heterocycles. The second-order valence-electron chi connectivity index (χ2n) is 5.73. The number of nitro groups is 1. The SMILES string of the molecule is COc1cc([N+](=O)[O-])ccc1NC(=O)/C(C#N)=C\Nc1ccc(C)cc1C. The number of nitriles is 1. The van der Waals surface area contributed by atoms with Crippen LogP contribution >= 0.6 is 0 Å². The van der Waals surface area contributed by atoms with E-state index in [1.807, 2.05) is 38.1 Å². The molecule has 0 aliphatic rings. The highest BCUT2D eigenvalue weighted by Gasteiger charge is 2.15. The summed E-state index contributed by atoms with van der Waals surface area (Å²) < 4.78 is 5.07. The summed E-state index contributed by atoms with van der Waals surface area (Å²) in [6, 6.07) is 11.4. The molecular formula is C19H18N4O4. The smallest absolute Gasteiger partial charge is 0.273 e. The first-order valence-electron chi connectivity index (χ1n) is 7.93. The summed E-state index contributed by atoms with van der Waals surface area (Å²) in [6.07, 6.45) is 1.31. The molecule has 0 radical (unpaired) electrons. The summed E-state index contributed by atoms with van der Waals surface area (Å²) in [5.41, 5.74) is 2.74. The second kappa shape index (κ2) is 8.49. The standard InChI is InChI=1S/C19H18N4O4/c1-12-4-6-16(13(2)8-12)21-11-14(10-20)19(24)22-17-7-5-15(23(25)26)9-18(17)27-3/h4-9,11,21H,1-3H3,(H,22,24)/b14-11-. The van der Waals surface area contributed by atoms with Crippen LogP contribution in [0.2, 0.25) is 0 Å². The van der Waals surface area contributed by atoms with Crippen molar-refractivity contribution in [1.29, 1.82) is 5.26 Å². The van der Waals surface area contributed by atoms with Crippen LogP contribution in [0, 0.1) is 35.3 Å². The first-order valence-corrected chi connectivity index (χ1v) is 7.93. The number of aryl methyl sites for hydroxylation is 2. The summed E-state index contributed by atoms with van der Waals surface area (Å²) in [7, 11) is 1.33. The van der Waals surface area contributed by atoms with E-state index in [-0.39, 0.29) is 22.7 Å². The molecule has 2 aromatic carbocycles. The van der Waals surface area contributed by atoms with Gasteiger partial charge in [0, 0.05) is 18.0 Å². The first kappa shape index (κ1) is 19.5. The third-order valence-corrected chi connectivity index (χ3v) is 3.76. The number of hydrogen-bond donors (Lipinski definition) is 2. The molecule has 0 fully saturated rings. The number of anilines is 2. The summed E-state index contributed by atoms with van der Waals surface area (Å²) in [5, 5.41) is 25.6. The summed E-state index contributed by atoms with van der Waals surface area (Å²) >= 11 is 0. The van der Waals surface area contributed by atoms with Crippen LogP contribution in [0.3, 0.4) is 0 Å². The Morgan fingerprint density at radius 1 is 1.22 bits per heavy atom. The minimum Gasteiger partial charge on any atom is -0.494 e. The fraction of sp³-hybridized carbons (Fsp3) is 0.158. The lowest BCUT2D eigenvalue weighted by molar-refractivity contribution is -0.384. The molecule has 2 rings (SSSR count). The van der Waals surface area contributed by atoms with E-state index in [0.717, 1.165) is 16.8 Å². The zero-order valence-electron chi connectivity index (χ0n) is 15.1. The lowest BCUT2D eigenvalue weighted by Crippen LogP contribution is -2.15. The molecule has 0 atom stereocenters. The maximum absolute atomic E-state index is 12.4. The fourth-order valence-electron chi connectivity index (χ4n) is 2.36. The minimum atomic E-state index is -0.665. The molecule has 2 N–H and O–H groups in total. The maximum atomic E-state index is 12.4. The van der Waals surface area contributed by atoms with E-state index in [9.17, 15) is 20.2 Å². The van der Waals surface area contributed by atoms with Crippen molar-refractivity contribution in [3.05, 3.63) is 69.4 Å². The lowest BCUT2D eigenvalue weighted by atomic mass is 10.1. The molecule has 0 bridgehead atoms. The Balaban J connectivity index is 2.20. The molecule has 0 saturated carbocycles. The summed E-state index contributed by atoms with van der Waals surface area (Å²) in [6.45, 7) is 3.88. The number of nitro benzene ring substituents is 1. The Bertz CT molecular complexity index is 961. The van der Waals surface area contributed by atoms with Crippen LogP contribution in [0.4, 0.5) is 17.1 Å². The minimum absolute atomic E-state index is 0.122. The molecule has 0 saturated heterocycles. The predicted octanol–water partition coefficient (Wildman–Crippen LogP) is 3.68. The molecule has 2 aromatic rings. The predicted molar refractivity (Wildman–Crippen MR) is 102 cm³/mol. The monoisotopic (exact) mass is 366 g/mol. The number of nitrogens with zero attached hydrogens (tertiary/aromatic N) is 2. The number of amides is 1. The van der Waals surface area contributed by atoms with Gasteiger partial charge in [-0.1, -0.05) is 17.7 Å². The van der Waals surface area contributed by atoms with Crippen LogP contribution in [0.15, 0.2) is 48.2 Å². The van der Waals surface area contributed by atoms with Gasteiger partial charge in [-0.05, 0) is 31.5 Å². The Labute approximate surface area is 156 Å². The summed E-state index contributed by atoms with van der Waals surface area (Å²) in [4.78, 5) is 22.6. The number of carbonyl (C=O) groups excluding carboxylic acids is 1. The highest BCUT2D eigenvalue weighted by atomic mass is 16.6. The zero-order chi connectivity index (χ0) is 20.0. The highest BCUT2D eigenvalue weighted by molar-refractivity contribution is 6.07. The van der Waals surface area contributed by atoms with Gasteiger partial charge in [0.15, 0.2) is 0 Å². The average Bonchev–Trinajstić information content (AvgIpc) is 2.63. The van der Waals surface area contributed by atoms with Gasteiger partial charge in [-0.25, -0.2) is 0 Å². The quantitative estimate of drug-likeness (QED) is 0.348. The lowest BCUT2D eigenvalue weighted by Gasteiger charge is -2.10. The van der Waals surface area contributed by atoms with Crippen LogP contribution in [-0.4, -0.2) is 17.9 Å². The van der Waals surface area contributed by atoms with Gasteiger partial charge in [0.2, 0.25) is 0 Å². The van der Waals surface area contributed by atoms with E-state index in [0.29, 0.717) is 0 Å².